The first kappa shape index (κ1) is 43.1. The molecule has 2 nitrogen and oxygen atoms in total. The molecule has 14 rings (SSSR count). The molecule has 74 heavy (non-hydrogen) atoms. The molecule has 1 heterocycles. The quantitative estimate of drug-likeness (QED) is 0.131. The molecule has 0 N–H and O–H groups in total. The first-order valence-corrected chi connectivity index (χ1v) is 25.5. The van der Waals surface area contributed by atoms with Crippen LogP contribution >= 0.6 is 0 Å². The van der Waals surface area contributed by atoms with E-state index in [-0.39, 0.29) is 0 Å². The molecule has 346 valence electrons. The van der Waals surface area contributed by atoms with Crippen LogP contribution in [-0.4, -0.2) is 4.57 Å². The number of fused-ring (bicyclic) bond motifs is 7. The molecule has 0 aliphatic rings. The maximum absolute atomic E-state index is 2.39. The number of aromatic nitrogens is 1. The van der Waals surface area contributed by atoms with Crippen LogP contribution in [0.3, 0.4) is 0 Å². The van der Waals surface area contributed by atoms with Gasteiger partial charge in [-0.15, -0.1) is 0 Å². The lowest BCUT2D eigenvalue weighted by atomic mass is 9.85. The molecule has 0 unspecified atom stereocenters. The van der Waals surface area contributed by atoms with E-state index in [4.69, 9.17) is 0 Å². The number of benzene rings is 13. The smallest absolute Gasteiger partial charge is 0.0541 e. The number of hydrogen-bond donors (Lipinski definition) is 0. The Morgan fingerprint density at radius 2 is 0.622 bits per heavy atom. The highest BCUT2D eigenvalue weighted by atomic mass is 15.1. The summed E-state index contributed by atoms with van der Waals surface area (Å²) in [6.45, 7) is 0. The van der Waals surface area contributed by atoms with Crippen molar-refractivity contribution in [1.29, 1.82) is 0 Å². The molecule has 13 aromatic carbocycles. The number of nitrogens with zero attached hydrogens (tertiary/aromatic N) is 2. The summed E-state index contributed by atoms with van der Waals surface area (Å²) in [5.41, 5.74) is 18.8. The summed E-state index contributed by atoms with van der Waals surface area (Å²) in [7, 11) is 0. The molecule has 0 radical (unpaired) electrons. The zero-order chi connectivity index (χ0) is 49.0. The highest BCUT2D eigenvalue weighted by molar-refractivity contribution is 6.21. The van der Waals surface area contributed by atoms with Gasteiger partial charge in [-0.1, -0.05) is 231 Å². The average molecular weight is 941 g/mol. The predicted molar refractivity (Wildman–Crippen MR) is 315 cm³/mol. The molecule has 1 aromatic heterocycles. The second kappa shape index (κ2) is 18.1. The van der Waals surface area contributed by atoms with Crippen molar-refractivity contribution < 1.29 is 0 Å². The van der Waals surface area contributed by atoms with Crippen LogP contribution in [0.4, 0.5) is 17.1 Å². The number of anilines is 3. The van der Waals surface area contributed by atoms with E-state index < -0.39 is 0 Å². The van der Waals surface area contributed by atoms with Crippen molar-refractivity contribution in [1.82, 2.24) is 4.57 Å². The highest BCUT2D eigenvalue weighted by Gasteiger charge is 2.20. The molecular weight excluding hydrogens is 893 g/mol. The monoisotopic (exact) mass is 940 g/mol. The third-order valence-corrected chi connectivity index (χ3v) is 15.0. The molecule has 0 saturated heterocycles. The number of para-hydroxylation sites is 2. The van der Waals surface area contributed by atoms with Crippen molar-refractivity contribution >= 4 is 71.2 Å². The minimum absolute atomic E-state index is 1.07. The Hall–Kier alpha value is -9.76. The van der Waals surface area contributed by atoms with Crippen LogP contribution in [0, 0.1) is 0 Å². The third kappa shape index (κ3) is 7.35. The molecule has 0 saturated carbocycles. The molecule has 14 aromatic rings. The van der Waals surface area contributed by atoms with E-state index in [1.165, 1.54) is 98.6 Å². The number of rotatable bonds is 9. The van der Waals surface area contributed by atoms with E-state index in [0.29, 0.717) is 0 Å². The van der Waals surface area contributed by atoms with Gasteiger partial charge in [0.05, 0.1) is 11.0 Å². The average Bonchev–Trinajstić information content (AvgIpc) is 3.82. The van der Waals surface area contributed by atoms with Gasteiger partial charge >= 0.3 is 0 Å². The molecule has 0 aliphatic carbocycles. The van der Waals surface area contributed by atoms with Gasteiger partial charge in [0.2, 0.25) is 0 Å². The summed E-state index contributed by atoms with van der Waals surface area (Å²) < 4.78 is 2.39. The summed E-state index contributed by atoms with van der Waals surface area (Å²) in [6.07, 6.45) is 0. The zero-order valence-electron chi connectivity index (χ0n) is 40.6. The minimum atomic E-state index is 1.07. The maximum atomic E-state index is 2.39. The highest BCUT2D eigenvalue weighted by Crippen LogP contribution is 2.46. The van der Waals surface area contributed by atoms with Crippen LogP contribution in [0.5, 0.6) is 0 Å². The van der Waals surface area contributed by atoms with Crippen LogP contribution in [0.1, 0.15) is 0 Å². The van der Waals surface area contributed by atoms with Gasteiger partial charge in [-0.3, -0.25) is 0 Å². The van der Waals surface area contributed by atoms with E-state index in [2.05, 4.69) is 301 Å². The third-order valence-electron chi connectivity index (χ3n) is 15.0. The van der Waals surface area contributed by atoms with Crippen molar-refractivity contribution in [3.8, 4) is 61.3 Å². The summed E-state index contributed by atoms with van der Waals surface area (Å²) in [4.78, 5) is 2.39. The fourth-order valence-electron chi connectivity index (χ4n) is 11.6. The van der Waals surface area contributed by atoms with E-state index in [1.807, 2.05) is 0 Å². The lowest BCUT2D eigenvalue weighted by Gasteiger charge is -2.26. The van der Waals surface area contributed by atoms with E-state index in [9.17, 15) is 0 Å². The first-order chi connectivity index (χ1) is 36.7. The van der Waals surface area contributed by atoms with Gasteiger partial charge in [-0.25, -0.2) is 0 Å². The minimum Gasteiger partial charge on any atom is -0.311 e. The standard InChI is InChI=1S/C72H48N2/c1-3-18-50(19-4-1)60-32-16-22-52-23-17-33-61(70(52)60)51-38-44-57(45-39-51)73(56-42-36-49(37-43-56)55-24-15-25-59(48-55)74-68-34-13-11-28-64(68)65-29-12-14-35-69(65)74)58-46-40-54(41-47-58)72-67-31-10-8-27-63(67)62-26-7-9-30-66(62)71(72)53-20-5-2-6-21-53/h1-48H. The van der Waals surface area contributed by atoms with Gasteiger partial charge in [-0.2, -0.15) is 0 Å². The summed E-state index contributed by atoms with van der Waals surface area (Å²) in [6, 6.07) is 106. The Kier molecular flexibility index (Phi) is 10.6. The van der Waals surface area contributed by atoms with Crippen molar-refractivity contribution in [2.75, 3.05) is 4.90 Å². The molecule has 0 spiro atoms. The second-order valence-electron chi connectivity index (χ2n) is 19.2. The molecule has 0 fully saturated rings. The molecule has 0 bridgehead atoms. The Balaban J connectivity index is 0.893. The van der Waals surface area contributed by atoms with Gasteiger partial charge in [-0.05, 0) is 149 Å². The Bertz CT molecular complexity index is 4320. The largest absolute Gasteiger partial charge is 0.311 e. The normalized spacial score (nSPS) is 11.5. The van der Waals surface area contributed by atoms with Crippen LogP contribution < -0.4 is 4.90 Å². The van der Waals surface area contributed by atoms with Gasteiger partial charge < -0.3 is 9.47 Å². The predicted octanol–water partition coefficient (Wildman–Crippen LogP) is 20.0. The van der Waals surface area contributed by atoms with E-state index >= 15 is 0 Å². The first-order valence-electron chi connectivity index (χ1n) is 25.5. The van der Waals surface area contributed by atoms with Crippen LogP contribution in [-0.2, 0) is 0 Å². The SMILES string of the molecule is c1ccc(-c2c(-c3ccc(N(c4ccc(-c5cccc(-n6c7ccccc7c7ccccc76)c5)cc4)c4ccc(-c5cccc6cccc(-c7ccccc7)c56)cc4)cc3)c3ccccc3c3ccccc23)cc1. The summed E-state index contributed by atoms with van der Waals surface area (Å²) >= 11 is 0. The van der Waals surface area contributed by atoms with Crippen molar-refractivity contribution in [2.45, 2.75) is 0 Å². The Morgan fingerprint density at radius 1 is 0.243 bits per heavy atom. The zero-order valence-corrected chi connectivity index (χ0v) is 40.6. The van der Waals surface area contributed by atoms with Gasteiger partial charge in [0.15, 0.2) is 0 Å². The Labute approximate surface area is 430 Å². The molecule has 0 aliphatic heterocycles. The van der Waals surface area contributed by atoms with Crippen molar-refractivity contribution in [3.05, 3.63) is 291 Å². The van der Waals surface area contributed by atoms with Crippen LogP contribution in [0.2, 0.25) is 0 Å². The molecular formula is C72H48N2. The summed E-state index contributed by atoms with van der Waals surface area (Å²) in [5.74, 6) is 0. The molecule has 0 amide bonds. The fourth-order valence-corrected chi connectivity index (χ4v) is 11.6. The lowest BCUT2D eigenvalue weighted by molar-refractivity contribution is 1.18. The van der Waals surface area contributed by atoms with E-state index in [1.54, 1.807) is 0 Å². The summed E-state index contributed by atoms with van der Waals surface area (Å²) in [5, 5.41) is 10.0. The maximum Gasteiger partial charge on any atom is 0.0541 e. The lowest BCUT2D eigenvalue weighted by Crippen LogP contribution is -2.09. The number of hydrogen-bond acceptors (Lipinski definition) is 1. The van der Waals surface area contributed by atoms with Crippen LogP contribution in [0.15, 0.2) is 291 Å². The van der Waals surface area contributed by atoms with Crippen molar-refractivity contribution in [3.63, 3.8) is 0 Å². The van der Waals surface area contributed by atoms with Gasteiger partial charge in [0, 0.05) is 33.5 Å². The van der Waals surface area contributed by atoms with Crippen molar-refractivity contribution in [2.24, 2.45) is 0 Å². The Morgan fingerprint density at radius 3 is 1.15 bits per heavy atom. The fraction of sp³-hybridized carbons (Fsp3) is 0. The van der Waals surface area contributed by atoms with E-state index in [0.717, 1.165) is 33.9 Å². The molecule has 0 atom stereocenters. The second-order valence-corrected chi connectivity index (χ2v) is 19.2. The van der Waals surface area contributed by atoms with Crippen LogP contribution in [0.25, 0.3) is 115 Å². The molecule has 2 heteroatoms. The topological polar surface area (TPSA) is 8.17 Å². The van der Waals surface area contributed by atoms with Gasteiger partial charge in [0.1, 0.15) is 0 Å². The van der Waals surface area contributed by atoms with Gasteiger partial charge in [0.25, 0.3) is 0 Å².